The molecule has 0 fully saturated rings. The summed E-state index contributed by atoms with van der Waals surface area (Å²) in [6, 6.07) is -0.225. The highest BCUT2D eigenvalue weighted by atomic mass is 16.5. The first kappa shape index (κ1) is 19.7. The Labute approximate surface area is 127 Å². The van der Waals surface area contributed by atoms with Gasteiger partial charge in [-0.1, -0.05) is 13.3 Å². The largest absolute Gasteiger partial charge is 0.481 e. The van der Waals surface area contributed by atoms with Gasteiger partial charge in [-0.2, -0.15) is 0 Å². The normalized spacial score (nSPS) is 11.2. The minimum Gasteiger partial charge on any atom is -0.481 e. The average molecular weight is 302 g/mol. The van der Waals surface area contributed by atoms with E-state index in [1.54, 1.807) is 4.90 Å². The van der Waals surface area contributed by atoms with Crippen molar-refractivity contribution in [3.05, 3.63) is 0 Å². The predicted octanol–water partition coefficient (Wildman–Crippen LogP) is 2.48. The van der Waals surface area contributed by atoms with Gasteiger partial charge in [0.25, 0.3) is 0 Å². The number of nitrogens with zero attached hydrogens (tertiary/aromatic N) is 1. The lowest BCUT2D eigenvalue weighted by atomic mass is 10.1. The van der Waals surface area contributed by atoms with E-state index in [1.807, 2.05) is 20.8 Å². The molecule has 0 aromatic rings. The number of carbonyl (C=O) groups is 2. The Hall–Kier alpha value is -1.30. The van der Waals surface area contributed by atoms with Crippen LogP contribution in [0.1, 0.15) is 53.4 Å². The number of amides is 2. The monoisotopic (exact) mass is 302 g/mol. The van der Waals surface area contributed by atoms with E-state index >= 15 is 0 Å². The van der Waals surface area contributed by atoms with Crippen LogP contribution in [-0.4, -0.2) is 53.8 Å². The molecule has 0 bridgehead atoms. The van der Waals surface area contributed by atoms with Crippen molar-refractivity contribution in [3.63, 3.8) is 0 Å². The van der Waals surface area contributed by atoms with Gasteiger partial charge in [-0.25, -0.2) is 4.79 Å². The lowest BCUT2D eigenvalue weighted by molar-refractivity contribution is -0.137. The van der Waals surface area contributed by atoms with Gasteiger partial charge in [0.05, 0.1) is 6.42 Å². The van der Waals surface area contributed by atoms with Crippen LogP contribution in [0.5, 0.6) is 0 Å². The number of urea groups is 1. The lowest BCUT2D eigenvalue weighted by Gasteiger charge is -2.35. The molecule has 0 aliphatic heterocycles. The summed E-state index contributed by atoms with van der Waals surface area (Å²) in [5, 5.41) is 11.6. The van der Waals surface area contributed by atoms with Crippen molar-refractivity contribution >= 4 is 12.0 Å². The van der Waals surface area contributed by atoms with Crippen LogP contribution in [-0.2, 0) is 9.53 Å². The minimum atomic E-state index is -0.902. The molecule has 2 amide bonds. The molecule has 0 saturated carbocycles. The number of carboxylic acid groups (broad SMARTS) is 1. The molecule has 2 N–H and O–H groups in total. The van der Waals surface area contributed by atoms with Crippen LogP contribution in [0.25, 0.3) is 0 Å². The van der Waals surface area contributed by atoms with Gasteiger partial charge in [-0.3, -0.25) is 4.79 Å². The topological polar surface area (TPSA) is 78.9 Å². The van der Waals surface area contributed by atoms with Gasteiger partial charge in [0.15, 0.2) is 0 Å². The second-order valence-electron chi connectivity index (χ2n) is 6.02. The van der Waals surface area contributed by atoms with Gasteiger partial charge in [-0.05, 0) is 33.6 Å². The fourth-order valence-electron chi connectivity index (χ4n) is 1.76. The number of hydrogen-bond donors (Lipinski definition) is 2. The number of ether oxygens (including phenoxy) is 1. The Morgan fingerprint density at radius 3 is 2.33 bits per heavy atom. The third kappa shape index (κ3) is 10.1. The SMILES string of the molecule is CCCCOCCCNC(=O)N(CCC(=O)O)C(C)(C)C. The average Bonchev–Trinajstić information content (AvgIpc) is 2.35. The zero-order chi connectivity index (χ0) is 16.3. The Balaban J connectivity index is 4.03. The molecule has 0 rings (SSSR count). The Bertz CT molecular complexity index is 313. The lowest BCUT2D eigenvalue weighted by Crippen LogP contribution is -2.51. The molecular formula is C15H30N2O4. The molecule has 0 spiro atoms. The van der Waals surface area contributed by atoms with Crippen LogP contribution in [0.3, 0.4) is 0 Å². The van der Waals surface area contributed by atoms with Crippen molar-refractivity contribution in [3.8, 4) is 0 Å². The van der Waals surface area contributed by atoms with Crippen LogP contribution >= 0.6 is 0 Å². The van der Waals surface area contributed by atoms with E-state index < -0.39 is 11.5 Å². The fraction of sp³-hybridized carbons (Fsp3) is 0.867. The molecule has 0 aliphatic carbocycles. The maximum atomic E-state index is 12.1. The number of hydrogen-bond acceptors (Lipinski definition) is 3. The van der Waals surface area contributed by atoms with E-state index in [0.29, 0.717) is 13.2 Å². The molecule has 6 nitrogen and oxygen atoms in total. The number of nitrogens with one attached hydrogen (secondary N) is 1. The summed E-state index contributed by atoms with van der Waals surface area (Å²) in [6.07, 6.45) is 2.87. The van der Waals surface area contributed by atoms with Gasteiger partial charge in [0.2, 0.25) is 0 Å². The highest BCUT2D eigenvalue weighted by molar-refractivity contribution is 5.76. The zero-order valence-corrected chi connectivity index (χ0v) is 13.8. The maximum Gasteiger partial charge on any atom is 0.317 e. The zero-order valence-electron chi connectivity index (χ0n) is 13.8. The summed E-state index contributed by atoms with van der Waals surface area (Å²) < 4.78 is 5.42. The second kappa shape index (κ2) is 10.4. The number of carboxylic acids is 1. The van der Waals surface area contributed by atoms with Gasteiger partial charge in [0, 0.05) is 31.8 Å². The first-order chi connectivity index (χ1) is 9.79. The van der Waals surface area contributed by atoms with Crippen molar-refractivity contribution in [1.29, 1.82) is 0 Å². The summed E-state index contributed by atoms with van der Waals surface area (Å²) >= 11 is 0. The molecule has 21 heavy (non-hydrogen) atoms. The smallest absolute Gasteiger partial charge is 0.317 e. The standard InChI is InChI=1S/C15H30N2O4/c1-5-6-11-21-12-7-9-16-14(20)17(15(2,3)4)10-8-13(18)19/h5-12H2,1-4H3,(H,16,20)(H,18,19). The van der Waals surface area contributed by atoms with Crippen LogP contribution in [0.2, 0.25) is 0 Å². The molecule has 0 radical (unpaired) electrons. The van der Waals surface area contributed by atoms with Gasteiger partial charge in [0.1, 0.15) is 0 Å². The first-order valence-corrected chi connectivity index (χ1v) is 7.64. The van der Waals surface area contributed by atoms with Crippen molar-refractivity contribution < 1.29 is 19.4 Å². The van der Waals surface area contributed by atoms with E-state index in [9.17, 15) is 9.59 Å². The van der Waals surface area contributed by atoms with Gasteiger partial charge >= 0.3 is 12.0 Å². The summed E-state index contributed by atoms with van der Waals surface area (Å²) in [4.78, 5) is 24.3. The highest BCUT2D eigenvalue weighted by Gasteiger charge is 2.26. The summed E-state index contributed by atoms with van der Waals surface area (Å²) in [5.41, 5.74) is -0.406. The Morgan fingerprint density at radius 1 is 1.19 bits per heavy atom. The van der Waals surface area contributed by atoms with Gasteiger partial charge < -0.3 is 20.1 Å². The van der Waals surface area contributed by atoms with Crippen molar-refractivity contribution in [2.24, 2.45) is 0 Å². The number of rotatable bonds is 10. The Kier molecular flexibility index (Phi) is 9.78. The number of unbranched alkanes of at least 4 members (excludes halogenated alkanes) is 1. The van der Waals surface area contributed by atoms with E-state index in [2.05, 4.69) is 12.2 Å². The Morgan fingerprint density at radius 2 is 1.81 bits per heavy atom. The van der Waals surface area contributed by atoms with Crippen molar-refractivity contribution in [1.82, 2.24) is 10.2 Å². The number of carbonyl (C=O) groups excluding carboxylic acids is 1. The molecule has 0 heterocycles. The van der Waals surface area contributed by atoms with E-state index in [0.717, 1.165) is 25.9 Å². The maximum absolute atomic E-state index is 12.1. The summed E-state index contributed by atoms with van der Waals surface area (Å²) in [6.45, 7) is 9.92. The molecule has 0 atom stereocenters. The van der Waals surface area contributed by atoms with Crippen molar-refractivity contribution in [2.75, 3.05) is 26.3 Å². The quantitative estimate of drug-likeness (QED) is 0.608. The molecule has 0 aliphatic rings. The third-order valence-corrected chi connectivity index (χ3v) is 2.99. The minimum absolute atomic E-state index is 0.0508. The molecule has 0 unspecified atom stereocenters. The fourth-order valence-corrected chi connectivity index (χ4v) is 1.76. The molecule has 0 saturated heterocycles. The second-order valence-corrected chi connectivity index (χ2v) is 6.02. The summed E-state index contributed by atoms with van der Waals surface area (Å²) in [5.74, 6) is -0.902. The predicted molar refractivity (Wildman–Crippen MR) is 82.5 cm³/mol. The van der Waals surface area contributed by atoms with Crippen LogP contribution in [0, 0.1) is 0 Å². The molecule has 6 heteroatoms. The summed E-state index contributed by atoms with van der Waals surface area (Å²) in [7, 11) is 0. The highest BCUT2D eigenvalue weighted by Crippen LogP contribution is 2.13. The van der Waals surface area contributed by atoms with Crippen LogP contribution in [0.15, 0.2) is 0 Å². The third-order valence-electron chi connectivity index (χ3n) is 2.99. The van der Waals surface area contributed by atoms with E-state index in [4.69, 9.17) is 9.84 Å². The number of aliphatic carboxylic acids is 1. The van der Waals surface area contributed by atoms with Gasteiger partial charge in [-0.15, -0.1) is 0 Å². The first-order valence-electron chi connectivity index (χ1n) is 7.64. The van der Waals surface area contributed by atoms with Crippen molar-refractivity contribution in [2.45, 2.75) is 58.9 Å². The van der Waals surface area contributed by atoms with E-state index in [-0.39, 0.29) is 19.0 Å². The molecule has 0 aromatic heterocycles. The van der Waals surface area contributed by atoms with Crippen LogP contribution in [0.4, 0.5) is 4.79 Å². The van der Waals surface area contributed by atoms with Crippen LogP contribution < -0.4 is 5.32 Å². The molecular weight excluding hydrogens is 272 g/mol. The molecule has 124 valence electrons. The van der Waals surface area contributed by atoms with E-state index in [1.165, 1.54) is 0 Å². The molecule has 0 aromatic carbocycles.